The number of halogens is 3. The molecule has 2 aliphatic rings. The first-order chi connectivity index (χ1) is 13.3. The van der Waals surface area contributed by atoms with Crippen molar-refractivity contribution in [3.8, 4) is 11.5 Å². The van der Waals surface area contributed by atoms with Crippen LogP contribution in [0.4, 0.5) is 18.9 Å². The number of ether oxygens (including phenoxy) is 3. The molecular formula is C20H16F3NO4. The van der Waals surface area contributed by atoms with Gasteiger partial charge in [0.1, 0.15) is 6.61 Å². The van der Waals surface area contributed by atoms with Crippen molar-refractivity contribution in [1.82, 2.24) is 0 Å². The zero-order valence-electron chi connectivity index (χ0n) is 15.0. The van der Waals surface area contributed by atoms with E-state index < -0.39 is 23.6 Å². The Labute approximate surface area is 158 Å². The Morgan fingerprint density at radius 1 is 1.07 bits per heavy atom. The van der Waals surface area contributed by atoms with Gasteiger partial charge >= 0.3 is 12.1 Å². The first kappa shape index (κ1) is 18.2. The summed E-state index contributed by atoms with van der Waals surface area (Å²) < 4.78 is 56.8. The molecule has 28 heavy (non-hydrogen) atoms. The summed E-state index contributed by atoms with van der Waals surface area (Å²) in [5.41, 5.74) is 0.831. The fourth-order valence-corrected chi connectivity index (χ4v) is 3.70. The van der Waals surface area contributed by atoms with E-state index in [0.29, 0.717) is 28.4 Å². The number of fused-ring (bicyclic) bond motifs is 1. The quantitative estimate of drug-likeness (QED) is 0.799. The topological polar surface area (TPSA) is 56.8 Å². The van der Waals surface area contributed by atoms with Gasteiger partial charge in [-0.25, -0.2) is 4.79 Å². The maximum absolute atomic E-state index is 13.7. The zero-order chi connectivity index (χ0) is 20.1. The number of cyclic esters (lactones) is 1. The lowest BCUT2D eigenvalue weighted by Crippen LogP contribution is -2.22. The van der Waals surface area contributed by atoms with Crippen LogP contribution in [0, 0.1) is 0 Å². The lowest BCUT2D eigenvalue weighted by Gasteiger charge is -2.29. The molecule has 0 aromatic heterocycles. The molecule has 0 saturated carbocycles. The van der Waals surface area contributed by atoms with Crippen molar-refractivity contribution in [3.05, 3.63) is 64.4 Å². The molecule has 0 unspecified atom stereocenters. The Morgan fingerprint density at radius 3 is 2.43 bits per heavy atom. The van der Waals surface area contributed by atoms with E-state index in [9.17, 15) is 18.0 Å². The molecule has 1 N–H and O–H groups in total. The number of carbonyl (C=O) groups excluding carboxylic acids is 1. The second-order valence-corrected chi connectivity index (χ2v) is 6.41. The molecule has 0 bridgehead atoms. The van der Waals surface area contributed by atoms with Crippen molar-refractivity contribution in [2.75, 3.05) is 26.1 Å². The van der Waals surface area contributed by atoms with Crippen LogP contribution in [0.25, 0.3) is 0 Å². The maximum Gasteiger partial charge on any atom is 0.416 e. The van der Waals surface area contributed by atoms with Gasteiger partial charge in [0.05, 0.1) is 31.1 Å². The molecule has 2 heterocycles. The standard InChI is InChI=1S/C20H16F3NO4/c1-26-15-7-11-13(8-16(15)27-2)24-14-9-28-19(25)18(14)17(11)10-5-3-4-6-12(10)20(21,22)23/h3-8,17,24H,9H2,1-2H3/t17-/m1/s1. The molecule has 5 nitrogen and oxygen atoms in total. The highest BCUT2D eigenvalue weighted by atomic mass is 19.4. The van der Waals surface area contributed by atoms with Gasteiger partial charge in [0.15, 0.2) is 11.5 Å². The number of alkyl halides is 3. The van der Waals surface area contributed by atoms with Crippen molar-refractivity contribution < 1.29 is 32.2 Å². The van der Waals surface area contributed by atoms with Gasteiger partial charge in [-0.05, 0) is 23.3 Å². The minimum absolute atomic E-state index is 0.0173. The molecule has 0 radical (unpaired) electrons. The van der Waals surface area contributed by atoms with Gasteiger partial charge in [-0.2, -0.15) is 13.2 Å². The lowest BCUT2D eigenvalue weighted by molar-refractivity contribution is -0.139. The van der Waals surface area contributed by atoms with Gasteiger partial charge in [-0.15, -0.1) is 0 Å². The van der Waals surface area contributed by atoms with E-state index in [2.05, 4.69) is 5.32 Å². The Morgan fingerprint density at radius 2 is 1.75 bits per heavy atom. The van der Waals surface area contributed by atoms with Gasteiger partial charge in [0.2, 0.25) is 0 Å². The van der Waals surface area contributed by atoms with Crippen molar-refractivity contribution in [3.63, 3.8) is 0 Å². The fraction of sp³-hybridized carbons (Fsp3) is 0.250. The minimum atomic E-state index is -4.57. The first-order valence-corrected chi connectivity index (χ1v) is 8.44. The summed E-state index contributed by atoms with van der Waals surface area (Å²) in [5, 5.41) is 3.09. The van der Waals surface area contributed by atoms with E-state index in [4.69, 9.17) is 14.2 Å². The predicted octanol–water partition coefficient (Wildman–Crippen LogP) is 4.09. The zero-order valence-corrected chi connectivity index (χ0v) is 15.0. The van der Waals surface area contributed by atoms with Crippen LogP contribution in [-0.4, -0.2) is 26.8 Å². The van der Waals surface area contributed by atoms with Crippen LogP contribution >= 0.6 is 0 Å². The maximum atomic E-state index is 13.7. The summed E-state index contributed by atoms with van der Waals surface area (Å²) in [5.74, 6) is -0.803. The molecule has 8 heteroatoms. The third-order valence-corrected chi connectivity index (χ3v) is 4.91. The molecule has 0 spiro atoms. The summed E-state index contributed by atoms with van der Waals surface area (Å²) in [6.07, 6.45) is -4.57. The summed E-state index contributed by atoms with van der Waals surface area (Å²) in [6.45, 7) is -0.0212. The van der Waals surface area contributed by atoms with Crippen LogP contribution in [0.2, 0.25) is 0 Å². The first-order valence-electron chi connectivity index (χ1n) is 8.44. The SMILES string of the molecule is COc1cc2c(cc1OC)[C@@H](c1ccccc1C(F)(F)F)C1=C(COC1=O)N2. The molecular weight excluding hydrogens is 375 g/mol. The Hall–Kier alpha value is -3.16. The number of rotatable bonds is 3. The lowest BCUT2D eigenvalue weighted by atomic mass is 9.79. The Balaban J connectivity index is 2.00. The number of hydrogen-bond donors (Lipinski definition) is 1. The Kier molecular flexibility index (Phi) is 4.21. The molecule has 0 fully saturated rings. The summed E-state index contributed by atoms with van der Waals surface area (Å²) in [6, 6.07) is 8.48. The van der Waals surface area contributed by atoms with Crippen LogP contribution in [0.15, 0.2) is 47.7 Å². The number of benzene rings is 2. The summed E-state index contributed by atoms with van der Waals surface area (Å²) in [7, 11) is 2.91. The monoisotopic (exact) mass is 391 g/mol. The smallest absolute Gasteiger partial charge is 0.416 e. The van der Waals surface area contributed by atoms with E-state index in [1.807, 2.05) is 0 Å². The molecule has 2 aromatic carbocycles. The normalized spacial score (nSPS) is 18.2. The van der Waals surface area contributed by atoms with Crippen molar-refractivity contribution >= 4 is 11.7 Å². The largest absolute Gasteiger partial charge is 0.493 e. The van der Waals surface area contributed by atoms with E-state index >= 15 is 0 Å². The third-order valence-electron chi connectivity index (χ3n) is 4.91. The average molecular weight is 391 g/mol. The molecule has 0 aliphatic carbocycles. The number of hydrogen-bond acceptors (Lipinski definition) is 5. The number of esters is 1. The van der Waals surface area contributed by atoms with E-state index in [0.717, 1.165) is 6.07 Å². The second kappa shape index (κ2) is 6.47. The van der Waals surface area contributed by atoms with Crippen molar-refractivity contribution in [2.24, 2.45) is 0 Å². The molecule has 0 saturated heterocycles. The van der Waals surface area contributed by atoms with Crippen LogP contribution in [0.5, 0.6) is 11.5 Å². The third kappa shape index (κ3) is 2.76. The van der Waals surface area contributed by atoms with Gasteiger partial charge < -0.3 is 19.5 Å². The Bertz CT molecular complexity index is 997. The van der Waals surface area contributed by atoms with Crippen molar-refractivity contribution in [1.29, 1.82) is 0 Å². The molecule has 1 atom stereocenters. The molecule has 4 rings (SSSR count). The minimum Gasteiger partial charge on any atom is -0.493 e. The van der Waals surface area contributed by atoms with E-state index in [1.165, 1.54) is 32.4 Å². The number of carbonyl (C=O) groups is 1. The van der Waals surface area contributed by atoms with Crippen LogP contribution in [0.3, 0.4) is 0 Å². The highest BCUT2D eigenvalue weighted by molar-refractivity contribution is 5.97. The average Bonchev–Trinajstić information content (AvgIpc) is 3.04. The van der Waals surface area contributed by atoms with Gasteiger partial charge in [0.25, 0.3) is 0 Å². The summed E-state index contributed by atoms with van der Waals surface area (Å²) in [4.78, 5) is 12.4. The predicted molar refractivity (Wildman–Crippen MR) is 94.4 cm³/mol. The van der Waals surface area contributed by atoms with Gasteiger partial charge in [-0.3, -0.25) is 0 Å². The second-order valence-electron chi connectivity index (χ2n) is 6.41. The number of anilines is 1. The highest BCUT2D eigenvalue weighted by Gasteiger charge is 2.43. The van der Waals surface area contributed by atoms with E-state index in [1.54, 1.807) is 12.1 Å². The fourth-order valence-electron chi connectivity index (χ4n) is 3.70. The number of nitrogens with one attached hydrogen (secondary N) is 1. The molecule has 146 valence electrons. The van der Waals surface area contributed by atoms with Crippen molar-refractivity contribution in [2.45, 2.75) is 12.1 Å². The van der Waals surface area contributed by atoms with Gasteiger partial charge in [-0.1, -0.05) is 18.2 Å². The van der Waals surface area contributed by atoms with E-state index in [-0.39, 0.29) is 17.7 Å². The van der Waals surface area contributed by atoms with Crippen LogP contribution in [0.1, 0.15) is 22.6 Å². The molecule has 0 amide bonds. The van der Waals surface area contributed by atoms with Gasteiger partial charge in [0, 0.05) is 17.7 Å². The van der Waals surface area contributed by atoms with Crippen LogP contribution in [-0.2, 0) is 15.7 Å². The number of methoxy groups -OCH3 is 2. The van der Waals surface area contributed by atoms with Crippen LogP contribution < -0.4 is 14.8 Å². The molecule has 2 aromatic rings. The highest BCUT2D eigenvalue weighted by Crippen LogP contribution is 2.50. The summed E-state index contributed by atoms with van der Waals surface area (Å²) >= 11 is 0. The molecule has 2 aliphatic heterocycles.